The predicted octanol–water partition coefficient (Wildman–Crippen LogP) is 3.39. The molecule has 0 unspecified atom stereocenters. The number of hydrogen-bond acceptors (Lipinski definition) is 3. The zero-order valence-corrected chi connectivity index (χ0v) is 11.8. The van der Waals surface area contributed by atoms with Gasteiger partial charge in [-0.1, -0.05) is 34.1 Å². The maximum Gasteiger partial charge on any atom is 0.129 e. The van der Waals surface area contributed by atoms with Gasteiger partial charge in [-0.15, -0.1) is 0 Å². The fourth-order valence-corrected chi connectivity index (χ4v) is 2.42. The minimum Gasteiger partial charge on any atom is -0.462 e. The van der Waals surface area contributed by atoms with E-state index in [1.807, 2.05) is 24.3 Å². The van der Waals surface area contributed by atoms with Gasteiger partial charge in [0.2, 0.25) is 0 Å². The SMILES string of the molecule is C[C@H](NCc1ccc(CO)o1)c1ccccc1Br. The Bertz CT molecular complexity index is 510. The first kappa shape index (κ1) is 13.3. The van der Waals surface area contributed by atoms with Gasteiger partial charge in [0.25, 0.3) is 0 Å². The van der Waals surface area contributed by atoms with Gasteiger partial charge in [0, 0.05) is 10.5 Å². The van der Waals surface area contributed by atoms with Crippen LogP contribution in [0.2, 0.25) is 0 Å². The maximum atomic E-state index is 8.92. The van der Waals surface area contributed by atoms with Crippen LogP contribution in [0.3, 0.4) is 0 Å². The van der Waals surface area contributed by atoms with Crippen molar-refractivity contribution in [2.45, 2.75) is 26.1 Å². The Hall–Kier alpha value is -1.10. The molecule has 18 heavy (non-hydrogen) atoms. The molecule has 0 aliphatic rings. The third-order valence-corrected chi connectivity index (χ3v) is 3.55. The Balaban J connectivity index is 1.96. The van der Waals surface area contributed by atoms with Crippen molar-refractivity contribution in [3.63, 3.8) is 0 Å². The van der Waals surface area contributed by atoms with E-state index in [2.05, 4.69) is 34.2 Å². The minimum absolute atomic E-state index is 0.0558. The van der Waals surface area contributed by atoms with Crippen molar-refractivity contribution in [1.82, 2.24) is 5.32 Å². The molecule has 2 aromatic rings. The van der Waals surface area contributed by atoms with Gasteiger partial charge in [-0.2, -0.15) is 0 Å². The summed E-state index contributed by atoms with van der Waals surface area (Å²) in [6.07, 6.45) is 0. The molecule has 0 aliphatic carbocycles. The third-order valence-electron chi connectivity index (χ3n) is 2.83. The molecule has 0 aliphatic heterocycles. The average molecular weight is 310 g/mol. The molecular formula is C14H16BrNO2. The molecule has 0 saturated carbocycles. The Morgan fingerprint density at radius 2 is 1.94 bits per heavy atom. The van der Waals surface area contributed by atoms with Crippen molar-refractivity contribution >= 4 is 15.9 Å². The van der Waals surface area contributed by atoms with Gasteiger partial charge >= 0.3 is 0 Å². The van der Waals surface area contributed by atoms with Gasteiger partial charge in [-0.3, -0.25) is 0 Å². The molecule has 96 valence electrons. The fraction of sp³-hybridized carbons (Fsp3) is 0.286. The molecule has 1 aromatic carbocycles. The molecule has 3 nitrogen and oxygen atoms in total. The first-order valence-electron chi connectivity index (χ1n) is 5.87. The summed E-state index contributed by atoms with van der Waals surface area (Å²) in [4.78, 5) is 0. The first-order chi connectivity index (χ1) is 8.70. The first-order valence-corrected chi connectivity index (χ1v) is 6.66. The van der Waals surface area contributed by atoms with Crippen LogP contribution in [0.5, 0.6) is 0 Å². The molecule has 0 fully saturated rings. The van der Waals surface area contributed by atoms with Crippen molar-refractivity contribution < 1.29 is 9.52 Å². The van der Waals surface area contributed by atoms with Crippen molar-refractivity contribution in [1.29, 1.82) is 0 Å². The van der Waals surface area contributed by atoms with E-state index >= 15 is 0 Å². The predicted molar refractivity (Wildman–Crippen MR) is 74.0 cm³/mol. The van der Waals surface area contributed by atoms with Gasteiger partial charge in [0.05, 0.1) is 6.54 Å². The number of rotatable bonds is 5. The van der Waals surface area contributed by atoms with Crippen molar-refractivity contribution in [2.75, 3.05) is 0 Å². The van der Waals surface area contributed by atoms with Crippen LogP contribution in [0.25, 0.3) is 0 Å². The van der Waals surface area contributed by atoms with Crippen LogP contribution in [-0.4, -0.2) is 5.11 Å². The molecule has 1 aromatic heterocycles. The maximum absolute atomic E-state index is 8.92. The van der Waals surface area contributed by atoms with Gasteiger partial charge < -0.3 is 14.8 Å². The van der Waals surface area contributed by atoms with E-state index in [1.54, 1.807) is 6.07 Å². The Morgan fingerprint density at radius 1 is 1.22 bits per heavy atom. The summed E-state index contributed by atoms with van der Waals surface area (Å²) in [5, 5.41) is 12.3. The molecule has 0 bridgehead atoms. The minimum atomic E-state index is -0.0558. The molecule has 1 heterocycles. The summed E-state index contributed by atoms with van der Waals surface area (Å²) in [6.45, 7) is 2.69. The molecular weight excluding hydrogens is 294 g/mol. The number of aliphatic hydroxyl groups excluding tert-OH is 1. The Labute approximate surface area is 115 Å². The van der Waals surface area contributed by atoms with Gasteiger partial charge in [0.15, 0.2) is 0 Å². The molecule has 2 N–H and O–H groups in total. The highest BCUT2D eigenvalue weighted by Gasteiger charge is 2.09. The number of benzene rings is 1. The Kier molecular flexibility index (Phi) is 4.58. The van der Waals surface area contributed by atoms with Crippen molar-refractivity contribution in [3.05, 3.63) is 58.0 Å². The second-order valence-electron chi connectivity index (χ2n) is 4.15. The number of hydrogen-bond donors (Lipinski definition) is 2. The molecule has 0 saturated heterocycles. The molecule has 0 radical (unpaired) electrons. The van der Waals surface area contributed by atoms with E-state index in [0.717, 1.165) is 10.2 Å². The number of halogens is 1. The lowest BCUT2D eigenvalue weighted by atomic mass is 10.1. The lowest BCUT2D eigenvalue weighted by Crippen LogP contribution is -2.18. The smallest absolute Gasteiger partial charge is 0.129 e. The van der Waals surface area contributed by atoms with E-state index in [9.17, 15) is 0 Å². The second-order valence-corrected chi connectivity index (χ2v) is 5.00. The van der Waals surface area contributed by atoms with E-state index in [4.69, 9.17) is 9.52 Å². The molecule has 0 spiro atoms. The van der Waals surface area contributed by atoms with Crippen LogP contribution >= 0.6 is 15.9 Å². The van der Waals surface area contributed by atoms with E-state index in [-0.39, 0.29) is 12.6 Å². The highest BCUT2D eigenvalue weighted by molar-refractivity contribution is 9.10. The lowest BCUT2D eigenvalue weighted by Gasteiger charge is -2.14. The summed E-state index contributed by atoms with van der Waals surface area (Å²) >= 11 is 3.54. The topological polar surface area (TPSA) is 45.4 Å². The summed E-state index contributed by atoms with van der Waals surface area (Å²) in [5.74, 6) is 1.43. The number of furan rings is 1. The van der Waals surface area contributed by atoms with Gasteiger partial charge in [-0.05, 0) is 30.7 Å². The second kappa shape index (κ2) is 6.18. The zero-order chi connectivity index (χ0) is 13.0. The van der Waals surface area contributed by atoms with Crippen LogP contribution in [0.4, 0.5) is 0 Å². The van der Waals surface area contributed by atoms with E-state index in [1.165, 1.54) is 5.56 Å². The lowest BCUT2D eigenvalue weighted by molar-refractivity contribution is 0.242. The number of aliphatic hydroxyl groups is 1. The molecule has 2 rings (SSSR count). The van der Waals surface area contributed by atoms with Gasteiger partial charge in [-0.25, -0.2) is 0 Å². The van der Waals surface area contributed by atoms with Crippen LogP contribution in [0.15, 0.2) is 45.3 Å². The zero-order valence-electron chi connectivity index (χ0n) is 10.2. The van der Waals surface area contributed by atoms with Crippen LogP contribution in [0.1, 0.15) is 30.0 Å². The fourth-order valence-electron chi connectivity index (χ4n) is 1.79. The van der Waals surface area contributed by atoms with Crippen LogP contribution in [-0.2, 0) is 13.2 Å². The summed E-state index contributed by atoms with van der Waals surface area (Å²) in [6, 6.07) is 12.0. The van der Waals surface area contributed by atoms with Gasteiger partial charge in [0.1, 0.15) is 18.1 Å². The quantitative estimate of drug-likeness (QED) is 0.890. The molecule has 1 atom stereocenters. The van der Waals surface area contributed by atoms with Crippen molar-refractivity contribution in [2.24, 2.45) is 0 Å². The highest BCUT2D eigenvalue weighted by Crippen LogP contribution is 2.23. The summed E-state index contributed by atoms with van der Waals surface area (Å²) < 4.78 is 6.52. The molecule has 0 amide bonds. The standard InChI is InChI=1S/C14H16BrNO2/c1-10(13-4-2-3-5-14(13)15)16-8-11-6-7-12(9-17)18-11/h2-7,10,16-17H,8-9H2,1H3/t10-/m0/s1. The largest absolute Gasteiger partial charge is 0.462 e. The third kappa shape index (κ3) is 3.22. The number of nitrogens with one attached hydrogen (secondary N) is 1. The van der Waals surface area contributed by atoms with Crippen LogP contribution in [0, 0.1) is 0 Å². The summed E-state index contributed by atoms with van der Waals surface area (Å²) in [7, 11) is 0. The van der Waals surface area contributed by atoms with E-state index in [0.29, 0.717) is 12.3 Å². The summed E-state index contributed by atoms with van der Waals surface area (Å²) in [5.41, 5.74) is 1.21. The monoisotopic (exact) mass is 309 g/mol. The Morgan fingerprint density at radius 3 is 2.61 bits per heavy atom. The average Bonchev–Trinajstić information content (AvgIpc) is 2.84. The molecule has 4 heteroatoms. The van der Waals surface area contributed by atoms with Crippen molar-refractivity contribution in [3.8, 4) is 0 Å². The van der Waals surface area contributed by atoms with E-state index < -0.39 is 0 Å². The normalized spacial score (nSPS) is 12.6. The van der Waals surface area contributed by atoms with Crippen LogP contribution < -0.4 is 5.32 Å². The highest BCUT2D eigenvalue weighted by atomic mass is 79.9.